The molecule has 1 aromatic carbocycles. The standard InChI is InChI=1S/C10H10FIO3/c1-6(10(13)14-2)15-9-4-3-7(12)5-8(9)11/h3-6H,1-2H3. The molecule has 5 heteroatoms. The minimum absolute atomic E-state index is 0.0494. The Hall–Kier alpha value is -0.850. The van der Waals surface area contributed by atoms with E-state index < -0.39 is 17.9 Å². The lowest BCUT2D eigenvalue weighted by molar-refractivity contribution is -0.148. The first-order valence-corrected chi connectivity index (χ1v) is 5.32. The quantitative estimate of drug-likeness (QED) is 0.633. The summed E-state index contributed by atoms with van der Waals surface area (Å²) in [5.41, 5.74) is 0. The SMILES string of the molecule is COC(=O)C(C)Oc1ccc(I)cc1F. The number of halogens is 2. The number of methoxy groups -OCH3 is 1. The molecular formula is C10H10FIO3. The van der Waals surface area contributed by atoms with Gasteiger partial charge < -0.3 is 9.47 Å². The van der Waals surface area contributed by atoms with E-state index in [-0.39, 0.29) is 5.75 Å². The van der Waals surface area contributed by atoms with Crippen molar-refractivity contribution in [2.75, 3.05) is 7.11 Å². The van der Waals surface area contributed by atoms with Crippen molar-refractivity contribution in [3.05, 3.63) is 27.6 Å². The Morgan fingerprint density at radius 2 is 2.20 bits per heavy atom. The Morgan fingerprint density at radius 1 is 1.53 bits per heavy atom. The Kier molecular flexibility index (Phi) is 4.31. The average Bonchev–Trinajstić information content (AvgIpc) is 2.20. The minimum atomic E-state index is -0.815. The molecule has 0 saturated heterocycles. The predicted octanol–water partition coefficient (Wildman–Crippen LogP) is 2.37. The number of esters is 1. The zero-order valence-corrected chi connectivity index (χ0v) is 10.4. The van der Waals surface area contributed by atoms with Crippen molar-refractivity contribution >= 4 is 28.6 Å². The molecule has 0 aliphatic rings. The van der Waals surface area contributed by atoms with E-state index in [1.165, 1.54) is 26.2 Å². The highest BCUT2D eigenvalue weighted by molar-refractivity contribution is 14.1. The van der Waals surface area contributed by atoms with E-state index in [2.05, 4.69) is 4.74 Å². The lowest BCUT2D eigenvalue weighted by Crippen LogP contribution is -2.25. The molecular weight excluding hydrogens is 314 g/mol. The first-order valence-electron chi connectivity index (χ1n) is 4.24. The van der Waals surface area contributed by atoms with Gasteiger partial charge in [0.1, 0.15) is 0 Å². The molecule has 3 nitrogen and oxygen atoms in total. The van der Waals surface area contributed by atoms with Crippen molar-refractivity contribution in [2.24, 2.45) is 0 Å². The van der Waals surface area contributed by atoms with E-state index in [9.17, 15) is 9.18 Å². The van der Waals surface area contributed by atoms with Crippen LogP contribution in [0.2, 0.25) is 0 Å². The van der Waals surface area contributed by atoms with Gasteiger partial charge in [-0.2, -0.15) is 0 Å². The minimum Gasteiger partial charge on any atom is -0.476 e. The van der Waals surface area contributed by atoms with Crippen molar-refractivity contribution in [1.82, 2.24) is 0 Å². The summed E-state index contributed by atoms with van der Waals surface area (Å²) in [5, 5.41) is 0. The third kappa shape index (κ3) is 3.33. The monoisotopic (exact) mass is 324 g/mol. The zero-order valence-electron chi connectivity index (χ0n) is 8.29. The van der Waals surface area contributed by atoms with Crippen LogP contribution in [0, 0.1) is 9.39 Å². The van der Waals surface area contributed by atoms with Gasteiger partial charge in [0, 0.05) is 3.57 Å². The summed E-state index contributed by atoms with van der Waals surface area (Å²) in [6.45, 7) is 1.50. The summed E-state index contributed by atoms with van der Waals surface area (Å²) in [5.74, 6) is -0.973. The number of carbonyl (C=O) groups excluding carboxylic acids is 1. The second-order valence-corrected chi connectivity index (χ2v) is 4.10. The van der Waals surface area contributed by atoms with Gasteiger partial charge in [-0.25, -0.2) is 9.18 Å². The second-order valence-electron chi connectivity index (χ2n) is 2.86. The van der Waals surface area contributed by atoms with Gasteiger partial charge in [-0.3, -0.25) is 0 Å². The maximum Gasteiger partial charge on any atom is 0.346 e. The molecule has 0 fully saturated rings. The fraction of sp³-hybridized carbons (Fsp3) is 0.300. The van der Waals surface area contributed by atoms with Crippen LogP contribution in [0.4, 0.5) is 4.39 Å². The molecule has 0 bridgehead atoms. The molecule has 0 heterocycles. The number of ether oxygens (including phenoxy) is 2. The number of rotatable bonds is 3. The molecule has 0 amide bonds. The summed E-state index contributed by atoms with van der Waals surface area (Å²) < 4.78 is 23.6. The molecule has 1 rings (SSSR count). The van der Waals surface area contributed by atoms with Gasteiger partial charge in [-0.05, 0) is 47.7 Å². The summed E-state index contributed by atoms with van der Waals surface area (Å²) in [6.07, 6.45) is -0.815. The van der Waals surface area contributed by atoms with Crippen LogP contribution in [-0.2, 0) is 9.53 Å². The molecule has 15 heavy (non-hydrogen) atoms. The Bertz CT molecular complexity index is 368. The first-order chi connectivity index (χ1) is 7.04. The molecule has 0 aliphatic heterocycles. The first kappa shape index (κ1) is 12.2. The van der Waals surface area contributed by atoms with Crippen LogP contribution in [0.5, 0.6) is 5.75 Å². The molecule has 1 aromatic rings. The molecule has 1 atom stereocenters. The van der Waals surface area contributed by atoms with Crippen molar-refractivity contribution in [3.8, 4) is 5.75 Å². The van der Waals surface area contributed by atoms with Crippen LogP contribution < -0.4 is 4.74 Å². The molecule has 82 valence electrons. The Labute approximate surface area is 101 Å². The fourth-order valence-corrected chi connectivity index (χ4v) is 1.43. The van der Waals surface area contributed by atoms with Crippen LogP contribution in [0.1, 0.15) is 6.92 Å². The third-order valence-corrected chi connectivity index (χ3v) is 2.40. The average molecular weight is 324 g/mol. The van der Waals surface area contributed by atoms with Gasteiger partial charge in [0.25, 0.3) is 0 Å². The maximum atomic E-state index is 13.3. The predicted molar refractivity (Wildman–Crippen MR) is 61.2 cm³/mol. The van der Waals surface area contributed by atoms with E-state index in [4.69, 9.17) is 4.74 Å². The van der Waals surface area contributed by atoms with E-state index >= 15 is 0 Å². The van der Waals surface area contributed by atoms with E-state index in [0.717, 1.165) is 3.57 Å². The Balaban J connectivity index is 2.76. The van der Waals surface area contributed by atoms with Crippen LogP contribution in [0.3, 0.4) is 0 Å². The molecule has 1 unspecified atom stereocenters. The number of benzene rings is 1. The van der Waals surface area contributed by atoms with E-state index in [1.54, 1.807) is 6.07 Å². The summed E-state index contributed by atoms with van der Waals surface area (Å²) >= 11 is 1.99. The van der Waals surface area contributed by atoms with Crippen molar-refractivity contribution in [2.45, 2.75) is 13.0 Å². The number of carbonyl (C=O) groups is 1. The van der Waals surface area contributed by atoms with Gasteiger partial charge in [-0.15, -0.1) is 0 Å². The van der Waals surface area contributed by atoms with Crippen molar-refractivity contribution in [3.63, 3.8) is 0 Å². The molecule has 0 aromatic heterocycles. The van der Waals surface area contributed by atoms with Crippen molar-refractivity contribution in [1.29, 1.82) is 0 Å². The molecule has 0 aliphatic carbocycles. The van der Waals surface area contributed by atoms with Gasteiger partial charge in [-0.1, -0.05) is 0 Å². The second kappa shape index (κ2) is 5.29. The van der Waals surface area contributed by atoms with Gasteiger partial charge in [0.2, 0.25) is 0 Å². The summed E-state index contributed by atoms with van der Waals surface area (Å²) in [4.78, 5) is 11.0. The molecule has 0 saturated carbocycles. The van der Waals surface area contributed by atoms with Gasteiger partial charge >= 0.3 is 5.97 Å². The maximum absolute atomic E-state index is 13.3. The highest BCUT2D eigenvalue weighted by Crippen LogP contribution is 2.20. The lowest BCUT2D eigenvalue weighted by Gasteiger charge is -2.12. The zero-order chi connectivity index (χ0) is 11.4. The fourth-order valence-electron chi connectivity index (χ4n) is 0.975. The van der Waals surface area contributed by atoms with Crippen LogP contribution >= 0.6 is 22.6 Å². The molecule has 0 spiro atoms. The molecule has 0 N–H and O–H groups in total. The lowest BCUT2D eigenvalue weighted by atomic mass is 10.3. The number of hydrogen-bond acceptors (Lipinski definition) is 3. The Morgan fingerprint density at radius 3 is 2.73 bits per heavy atom. The topological polar surface area (TPSA) is 35.5 Å². The molecule has 0 radical (unpaired) electrons. The smallest absolute Gasteiger partial charge is 0.346 e. The van der Waals surface area contributed by atoms with Crippen LogP contribution in [0.25, 0.3) is 0 Å². The van der Waals surface area contributed by atoms with Crippen LogP contribution in [0.15, 0.2) is 18.2 Å². The van der Waals surface area contributed by atoms with E-state index in [1.807, 2.05) is 22.6 Å². The number of hydrogen-bond donors (Lipinski definition) is 0. The largest absolute Gasteiger partial charge is 0.476 e. The summed E-state index contributed by atoms with van der Waals surface area (Å²) in [6, 6.07) is 4.51. The third-order valence-electron chi connectivity index (χ3n) is 1.73. The van der Waals surface area contributed by atoms with Crippen molar-refractivity contribution < 1.29 is 18.7 Å². The highest BCUT2D eigenvalue weighted by Gasteiger charge is 2.16. The van der Waals surface area contributed by atoms with Crippen LogP contribution in [-0.4, -0.2) is 19.2 Å². The van der Waals surface area contributed by atoms with E-state index in [0.29, 0.717) is 0 Å². The summed E-state index contributed by atoms with van der Waals surface area (Å²) in [7, 11) is 1.26. The normalized spacial score (nSPS) is 12.0. The van der Waals surface area contributed by atoms with Gasteiger partial charge in [0.15, 0.2) is 17.7 Å². The highest BCUT2D eigenvalue weighted by atomic mass is 127. The van der Waals surface area contributed by atoms with Gasteiger partial charge in [0.05, 0.1) is 7.11 Å².